The molecule has 0 radical (unpaired) electrons. The van der Waals surface area contributed by atoms with Gasteiger partial charge in [0, 0.05) is 31.1 Å². The molecule has 0 spiro atoms. The summed E-state index contributed by atoms with van der Waals surface area (Å²) in [6.45, 7) is 3.69. The average Bonchev–Trinajstić information content (AvgIpc) is 3.42. The van der Waals surface area contributed by atoms with Gasteiger partial charge >= 0.3 is 0 Å². The first-order chi connectivity index (χ1) is 16.6. The summed E-state index contributed by atoms with van der Waals surface area (Å²) in [5, 5.41) is 3.60. The molecule has 1 aliphatic heterocycles. The number of benzene rings is 2. The van der Waals surface area contributed by atoms with E-state index in [2.05, 4.69) is 63.6 Å². The summed E-state index contributed by atoms with van der Waals surface area (Å²) >= 11 is 1.51. The van der Waals surface area contributed by atoms with Gasteiger partial charge in [-0.05, 0) is 36.0 Å². The minimum Gasteiger partial charge on any atom is -0.365 e. The summed E-state index contributed by atoms with van der Waals surface area (Å²) < 4.78 is 0. The Morgan fingerprint density at radius 2 is 1.53 bits per heavy atom. The van der Waals surface area contributed by atoms with E-state index in [1.165, 1.54) is 27.3 Å². The fourth-order valence-electron chi connectivity index (χ4n) is 5.19. The average molecular weight is 475 g/mol. The van der Waals surface area contributed by atoms with Gasteiger partial charge in [0.2, 0.25) is 5.91 Å². The minimum absolute atomic E-state index is 0.0847. The van der Waals surface area contributed by atoms with Crippen LogP contribution in [0.25, 0.3) is 0 Å². The van der Waals surface area contributed by atoms with Gasteiger partial charge < -0.3 is 11.1 Å². The summed E-state index contributed by atoms with van der Waals surface area (Å²) in [6, 6.07) is 21.4. The summed E-state index contributed by atoms with van der Waals surface area (Å²) in [7, 11) is 0. The molecule has 2 amide bonds. The molecule has 1 fully saturated rings. The maximum absolute atomic E-state index is 12.8. The highest BCUT2D eigenvalue weighted by Crippen LogP contribution is 2.38. The summed E-state index contributed by atoms with van der Waals surface area (Å²) in [5.41, 5.74) is 9.75. The monoisotopic (exact) mass is 474 g/mol. The molecule has 0 atom stereocenters. The van der Waals surface area contributed by atoms with Crippen LogP contribution >= 0.6 is 11.3 Å². The Morgan fingerprint density at radius 3 is 2.12 bits per heavy atom. The first-order valence-electron chi connectivity index (χ1n) is 11.9. The van der Waals surface area contributed by atoms with Crippen molar-refractivity contribution in [1.82, 2.24) is 9.80 Å². The van der Waals surface area contributed by atoms with Crippen LogP contribution in [0.3, 0.4) is 0 Å². The topological polar surface area (TPSA) is 78.7 Å². The number of hydrogen-bond acceptors (Lipinski definition) is 5. The van der Waals surface area contributed by atoms with Crippen LogP contribution in [0.2, 0.25) is 0 Å². The van der Waals surface area contributed by atoms with Crippen molar-refractivity contribution in [2.45, 2.75) is 25.3 Å². The van der Waals surface area contributed by atoms with E-state index >= 15 is 0 Å². The number of carbonyl (C=O) groups is 2. The van der Waals surface area contributed by atoms with Crippen molar-refractivity contribution in [3.8, 4) is 0 Å². The van der Waals surface area contributed by atoms with E-state index in [0.717, 1.165) is 51.0 Å². The number of nitrogens with one attached hydrogen (secondary N) is 1. The van der Waals surface area contributed by atoms with Gasteiger partial charge in [0.1, 0.15) is 5.00 Å². The molecule has 2 aromatic carbocycles. The number of piperazine rings is 1. The quantitative estimate of drug-likeness (QED) is 0.548. The molecule has 6 nitrogen and oxygen atoms in total. The highest BCUT2D eigenvalue weighted by molar-refractivity contribution is 7.17. The van der Waals surface area contributed by atoms with Crippen LogP contribution in [0.15, 0.2) is 60.7 Å². The van der Waals surface area contributed by atoms with E-state index in [1.807, 2.05) is 12.1 Å². The lowest BCUT2D eigenvalue weighted by Gasteiger charge is -2.39. The molecule has 1 aromatic heterocycles. The zero-order valence-corrected chi connectivity index (χ0v) is 20.0. The van der Waals surface area contributed by atoms with Crippen molar-refractivity contribution < 1.29 is 9.59 Å². The van der Waals surface area contributed by atoms with Crippen molar-refractivity contribution >= 4 is 28.2 Å². The normalized spacial score (nSPS) is 16.5. The SMILES string of the molecule is NC(=O)c1c(NC(=O)CN2CCN(C(c3ccccc3)c3ccccc3)CC2)sc2c1CCC2. The third-order valence-corrected chi connectivity index (χ3v) is 8.00. The van der Waals surface area contributed by atoms with Gasteiger partial charge in [-0.1, -0.05) is 60.7 Å². The van der Waals surface area contributed by atoms with Crippen LogP contribution in [-0.2, 0) is 17.6 Å². The van der Waals surface area contributed by atoms with Gasteiger partial charge in [0.25, 0.3) is 5.91 Å². The van der Waals surface area contributed by atoms with Crippen LogP contribution in [0.5, 0.6) is 0 Å². The molecule has 3 N–H and O–H groups in total. The van der Waals surface area contributed by atoms with Crippen LogP contribution in [0.1, 0.15) is 44.4 Å². The van der Waals surface area contributed by atoms with Crippen molar-refractivity contribution in [2.24, 2.45) is 5.73 Å². The molecule has 5 rings (SSSR count). The molecule has 34 heavy (non-hydrogen) atoms. The number of fused-ring (bicyclic) bond motifs is 1. The Kier molecular flexibility index (Phi) is 6.76. The second kappa shape index (κ2) is 10.1. The number of hydrogen-bond donors (Lipinski definition) is 2. The lowest BCUT2D eigenvalue weighted by atomic mass is 9.96. The molecule has 0 unspecified atom stereocenters. The maximum atomic E-state index is 12.8. The highest BCUT2D eigenvalue weighted by Gasteiger charge is 2.29. The molecular formula is C27H30N4O2S. The fourth-order valence-corrected chi connectivity index (χ4v) is 6.50. The molecule has 0 saturated carbocycles. The molecule has 1 saturated heterocycles. The van der Waals surface area contributed by atoms with E-state index < -0.39 is 5.91 Å². The zero-order chi connectivity index (χ0) is 23.5. The van der Waals surface area contributed by atoms with Gasteiger partial charge in [0.05, 0.1) is 18.2 Å². The molecule has 1 aliphatic carbocycles. The number of thiophene rings is 1. The highest BCUT2D eigenvalue weighted by atomic mass is 32.1. The van der Waals surface area contributed by atoms with Gasteiger partial charge in [-0.3, -0.25) is 19.4 Å². The predicted octanol–water partition coefficient (Wildman–Crippen LogP) is 3.68. The van der Waals surface area contributed by atoms with Gasteiger partial charge in [-0.2, -0.15) is 0 Å². The smallest absolute Gasteiger partial charge is 0.251 e. The molecule has 3 aromatic rings. The lowest BCUT2D eigenvalue weighted by molar-refractivity contribution is -0.117. The van der Waals surface area contributed by atoms with Crippen LogP contribution in [-0.4, -0.2) is 54.3 Å². The van der Waals surface area contributed by atoms with Crippen molar-refractivity contribution in [3.63, 3.8) is 0 Å². The number of primary amides is 1. The molecule has 176 valence electrons. The summed E-state index contributed by atoms with van der Waals surface area (Å²) in [5.74, 6) is -0.533. The van der Waals surface area contributed by atoms with Crippen LogP contribution in [0.4, 0.5) is 5.00 Å². The molecule has 0 bridgehead atoms. The van der Waals surface area contributed by atoms with Gasteiger partial charge in [0.15, 0.2) is 0 Å². The van der Waals surface area contributed by atoms with Crippen LogP contribution < -0.4 is 11.1 Å². The second-order valence-corrected chi connectivity index (χ2v) is 10.1. The molecule has 7 heteroatoms. The lowest BCUT2D eigenvalue weighted by Crippen LogP contribution is -2.49. The Labute approximate surface area is 204 Å². The Morgan fingerprint density at radius 1 is 0.912 bits per heavy atom. The predicted molar refractivity (Wildman–Crippen MR) is 136 cm³/mol. The summed E-state index contributed by atoms with van der Waals surface area (Å²) in [4.78, 5) is 30.7. The minimum atomic E-state index is -0.448. The number of nitrogens with zero attached hydrogens (tertiary/aromatic N) is 2. The van der Waals surface area contributed by atoms with Crippen molar-refractivity contribution in [1.29, 1.82) is 0 Å². The third kappa shape index (κ3) is 4.78. The van der Waals surface area contributed by atoms with E-state index in [4.69, 9.17) is 5.73 Å². The second-order valence-electron chi connectivity index (χ2n) is 9.01. The van der Waals surface area contributed by atoms with Crippen molar-refractivity contribution in [2.75, 3.05) is 38.0 Å². The third-order valence-electron chi connectivity index (χ3n) is 6.79. The first-order valence-corrected chi connectivity index (χ1v) is 12.7. The van der Waals surface area contributed by atoms with E-state index in [-0.39, 0.29) is 11.9 Å². The number of carbonyl (C=O) groups excluding carboxylic acids is 2. The van der Waals surface area contributed by atoms with Gasteiger partial charge in [-0.15, -0.1) is 11.3 Å². The molecule has 2 aliphatic rings. The summed E-state index contributed by atoms with van der Waals surface area (Å²) in [6.07, 6.45) is 2.88. The maximum Gasteiger partial charge on any atom is 0.251 e. The van der Waals surface area contributed by atoms with E-state index in [0.29, 0.717) is 17.1 Å². The van der Waals surface area contributed by atoms with Gasteiger partial charge in [-0.25, -0.2) is 0 Å². The number of nitrogens with two attached hydrogens (primary N) is 1. The number of anilines is 1. The largest absolute Gasteiger partial charge is 0.365 e. The molecular weight excluding hydrogens is 444 g/mol. The van der Waals surface area contributed by atoms with Crippen LogP contribution in [0, 0.1) is 0 Å². The van der Waals surface area contributed by atoms with Crippen molar-refractivity contribution in [3.05, 3.63) is 87.8 Å². The zero-order valence-electron chi connectivity index (χ0n) is 19.2. The Bertz CT molecular complexity index is 1110. The van der Waals surface area contributed by atoms with E-state index in [9.17, 15) is 9.59 Å². The fraction of sp³-hybridized carbons (Fsp3) is 0.333. The number of rotatable bonds is 7. The standard InChI is InChI=1S/C27H30N4O2S/c28-26(33)24-21-12-7-13-22(21)34-27(24)29-23(32)18-30-14-16-31(17-15-30)25(19-8-3-1-4-9-19)20-10-5-2-6-11-20/h1-6,8-11,25H,7,12-18H2,(H2,28,33)(H,29,32). The number of aryl methyl sites for hydroxylation is 1. The Hall–Kier alpha value is -3.00. The van der Waals surface area contributed by atoms with E-state index in [1.54, 1.807) is 0 Å². The Balaban J connectivity index is 1.22. The number of amides is 2. The molecule has 2 heterocycles. The first kappa shape index (κ1) is 22.8.